The van der Waals surface area contributed by atoms with Gasteiger partial charge in [0.2, 0.25) is 0 Å². The van der Waals surface area contributed by atoms with Crippen LogP contribution < -0.4 is 0 Å². The van der Waals surface area contributed by atoms with Crippen LogP contribution in [0.15, 0.2) is 0 Å². The third kappa shape index (κ3) is 6.42. The molecule has 1 fully saturated rings. The van der Waals surface area contributed by atoms with Crippen molar-refractivity contribution in [3.63, 3.8) is 0 Å². The number of alkyl halides is 1. The number of unbranched alkanes of at least 4 members (excludes halogenated alkanes) is 6. The van der Waals surface area contributed by atoms with E-state index in [0.717, 1.165) is 19.3 Å². The zero-order valence-electron chi connectivity index (χ0n) is 11.5. The van der Waals surface area contributed by atoms with Crippen molar-refractivity contribution < 1.29 is 8.42 Å². The second-order valence-electron chi connectivity index (χ2n) is 5.59. The van der Waals surface area contributed by atoms with E-state index in [9.17, 15) is 8.42 Å². The summed E-state index contributed by atoms with van der Waals surface area (Å²) in [5.74, 6) is 0.868. The van der Waals surface area contributed by atoms with Crippen LogP contribution in [0.2, 0.25) is 0 Å². The Balaban J connectivity index is 2.02. The Kier molecular flexibility index (Phi) is 7.62. The highest BCUT2D eigenvalue weighted by atomic mass is 35.5. The first-order chi connectivity index (χ1) is 8.55. The molecule has 4 heteroatoms. The van der Waals surface area contributed by atoms with Crippen LogP contribution in [0, 0.1) is 5.92 Å². The van der Waals surface area contributed by atoms with Crippen LogP contribution in [-0.4, -0.2) is 25.3 Å². The van der Waals surface area contributed by atoms with Gasteiger partial charge in [0.15, 0.2) is 9.84 Å². The van der Waals surface area contributed by atoms with Crippen LogP contribution in [0.5, 0.6) is 0 Å². The molecule has 108 valence electrons. The molecule has 0 bridgehead atoms. The highest BCUT2D eigenvalue weighted by molar-refractivity contribution is 7.91. The molecule has 0 aromatic carbocycles. The molecule has 1 rings (SSSR count). The van der Waals surface area contributed by atoms with Gasteiger partial charge < -0.3 is 0 Å². The summed E-state index contributed by atoms with van der Waals surface area (Å²) in [4.78, 5) is 0. The molecule has 2 unspecified atom stereocenters. The fraction of sp³-hybridized carbons (Fsp3) is 1.00. The number of hydrogen-bond acceptors (Lipinski definition) is 2. The summed E-state index contributed by atoms with van der Waals surface area (Å²) in [6.45, 7) is 2.23. The third-order valence-electron chi connectivity index (χ3n) is 3.86. The summed E-state index contributed by atoms with van der Waals surface area (Å²) in [7, 11) is -2.77. The number of halogens is 1. The molecule has 2 nitrogen and oxygen atoms in total. The third-order valence-corrected chi connectivity index (χ3v) is 6.23. The number of hydrogen-bond donors (Lipinski definition) is 0. The predicted molar refractivity (Wildman–Crippen MR) is 79.0 cm³/mol. The van der Waals surface area contributed by atoms with E-state index in [2.05, 4.69) is 6.92 Å². The molecule has 2 atom stereocenters. The minimum Gasteiger partial charge on any atom is -0.229 e. The summed E-state index contributed by atoms with van der Waals surface area (Å²) in [5, 5.41) is 0.0675. The summed E-state index contributed by atoms with van der Waals surface area (Å²) in [6, 6.07) is 0. The van der Waals surface area contributed by atoms with E-state index in [1.165, 1.54) is 38.5 Å². The van der Waals surface area contributed by atoms with E-state index in [0.29, 0.717) is 11.5 Å². The highest BCUT2D eigenvalue weighted by Gasteiger charge is 2.32. The molecule has 18 heavy (non-hydrogen) atoms. The lowest BCUT2D eigenvalue weighted by Gasteiger charge is -2.15. The topological polar surface area (TPSA) is 34.1 Å². The zero-order valence-corrected chi connectivity index (χ0v) is 13.1. The van der Waals surface area contributed by atoms with Gasteiger partial charge in [-0.15, -0.1) is 11.6 Å². The molecule has 1 aliphatic rings. The van der Waals surface area contributed by atoms with Crippen molar-refractivity contribution in [3.05, 3.63) is 0 Å². The average Bonchev–Trinajstić information content (AvgIpc) is 2.68. The zero-order chi connectivity index (χ0) is 13.4. The SMILES string of the molecule is CCCCCCCCCC(Cl)C1CCS(=O)(=O)C1. The van der Waals surface area contributed by atoms with E-state index in [4.69, 9.17) is 11.6 Å². The molecule has 0 saturated carbocycles. The summed E-state index contributed by atoms with van der Waals surface area (Å²) in [5.41, 5.74) is 0. The van der Waals surface area contributed by atoms with Crippen LogP contribution in [0.25, 0.3) is 0 Å². The van der Waals surface area contributed by atoms with E-state index < -0.39 is 9.84 Å². The van der Waals surface area contributed by atoms with Crippen LogP contribution in [-0.2, 0) is 9.84 Å². The molecule has 0 aromatic rings. The van der Waals surface area contributed by atoms with Gasteiger partial charge in [0.05, 0.1) is 11.5 Å². The van der Waals surface area contributed by atoms with Gasteiger partial charge >= 0.3 is 0 Å². The van der Waals surface area contributed by atoms with Gasteiger partial charge in [-0.3, -0.25) is 0 Å². The maximum absolute atomic E-state index is 11.4. The predicted octanol–water partition coefficient (Wildman–Crippen LogP) is 4.17. The fourth-order valence-electron chi connectivity index (χ4n) is 2.64. The maximum Gasteiger partial charge on any atom is 0.150 e. The lowest BCUT2D eigenvalue weighted by Crippen LogP contribution is -2.16. The van der Waals surface area contributed by atoms with Crippen molar-refractivity contribution in [1.29, 1.82) is 0 Å². The van der Waals surface area contributed by atoms with Crippen molar-refractivity contribution in [2.45, 2.75) is 70.1 Å². The largest absolute Gasteiger partial charge is 0.229 e. The second-order valence-corrected chi connectivity index (χ2v) is 8.38. The molecular weight excluding hydrogens is 268 g/mol. The fourth-order valence-corrected chi connectivity index (χ4v) is 5.00. The highest BCUT2D eigenvalue weighted by Crippen LogP contribution is 2.28. The second kappa shape index (κ2) is 8.42. The van der Waals surface area contributed by atoms with Gasteiger partial charge in [-0.05, 0) is 18.8 Å². The van der Waals surface area contributed by atoms with Crippen LogP contribution in [0.4, 0.5) is 0 Å². The molecule has 0 aromatic heterocycles. The first-order valence-corrected chi connectivity index (χ1v) is 9.65. The summed E-state index contributed by atoms with van der Waals surface area (Å²) >= 11 is 6.31. The van der Waals surface area contributed by atoms with Crippen molar-refractivity contribution >= 4 is 21.4 Å². The maximum atomic E-state index is 11.4. The van der Waals surface area contributed by atoms with Crippen molar-refractivity contribution in [2.24, 2.45) is 5.92 Å². The minimum absolute atomic E-state index is 0.0675. The van der Waals surface area contributed by atoms with Crippen molar-refractivity contribution in [3.8, 4) is 0 Å². The molecule has 1 saturated heterocycles. The van der Waals surface area contributed by atoms with Crippen LogP contribution in [0.3, 0.4) is 0 Å². The molecule has 0 radical (unpaired) electrons. The van der Waals surface area contributed by atoms with Crippen molar-refractivity contribution in [1.82, 2.24) is 0 Å². The van der Waals surface area contributed by atoms with Gasteiger partial charge in [0.25, 0.3) is 0 Å². The Morgan fingerprint density at radius 3 is 2.28 bits per heavy atom. The number of rotatable bonds is 9. The monoisotopic (exact) mass is 294 g/mol. The smallest absolute Gasteiger partial charge is 0.150 e. The Hall–Kier alpha value is 0.240. The standard InChI is InChI=1S/C14H27ClO2S/c1-2-3-4-5-6-7-8-9-14(15)13-10-11-18(16,17)12-13/h13-14H,2-12H2,1H3. The van der Waals surface area contributed by atoms with E-state index in [-0.39, 0.29) is 11.3 Å². The van der Waals surface area contributed by atoms with Crippen LogP contribution >= 0.6 is 11.6 Å². The molecule has 1 heterocycles. The quantitative estimate of drug-likeness (QED) is 0.472. The lowest BCUT2D eigenvalue weighted by atomic mass is 9.99. The van der Waals surface area contributed by atoms with Gasteiger partial charge in [-0.2, -0.15) is 0 Å². The summed E-state index contributed by atoms with van der Waals surface area (Å²) < 4.78 is 22.7. The van der Waals surface area contributed by atoms with Gasteiger partial charge in [0.1, 0.15) is 0 Å². The Morgan fingerprint density at radius 2 is 1.72 bits per heavy atom. The first kappa shape index (κ1) is 16.3. The van der Waals surface area contributed by atoms with Gasteiger partial charge in [-0.1, -0.05) is 51.9 Å². The lowest BCUT2D eigenvalue weighted by molar-refractivity contribution is 0.494. The van der Waals surface area contributed by atoms with E-state index in [1.807, 2.05) is 0 Å². The summed E-state index contributed by atoms with van der Waals surface area (Å²) in [6.07, 6.45) is 10.8. The normalized spacial score (nSPS) is 24.2. The molecule has 0 N–H and O–H groups in total. The first-order valence-electron chi connectivity index (χ1n) is 7.39. The molecular formula is C14H27ClO2S. The van der Waals surface area contributed by atoms with E-state index >= 15 is 0 Å². The van der Waals surface area contributed by atoms with Crippen LogP contribution in [0.1, 0.15) is 64.7 Å². The Morgan fingerprint density at radius 1 is 1.11 bits per heavy atom. The van der Waals surface area contributed by atoms with Crippen molar-refractivity contribution in [2.75, 3.05) is 11.5 Å². The Labute approximate surface area is 117 Å². The van der Waals surface area contributed by atoms with Gasteiger partial charge in [0, 0.05) is 5.38 Å². The average molecular weight is 295 g/mol. The molecule has 0 amide bonds. The molecule has 1 aliphatic heterocycles. The Bertz CT molecular complexity index is 314. The number of sulfone groups is 1. The molecule has 0 aliphatic carbocycles. The minimum atomic E-state index is -2.77. The molecule has 0 spiro atoms. The van der Waals surface area contributed by atoms with E-state index in [1.54, 1.807) is 0 Å². The van der Waals surface area contributed by atoms with Gasteiger partial charge in [-0.25, -0.2) is 8.42 Å².